The van der Waals surface area contributed by atoms with Crippen LogP contribution >= 0.6 is 0 Å². The molecule has 0 spiro atoms. The summed E-state index contributed by atoms with van der Waals surface area (Å²) in [6.07, 6.45) is 4.44. The molecule has 0 saturated carbocycles. The van der Waals surface area contributed by atoms with E-state index in [1.54, 1.807) is 14.2 Å². The fourth-order valence-corrected chi connectivity index (χ4v) is 6.10. The van der Waals surface area contributed by atoms with Gasteiger partial charge in [-0.2, -0.15) is 0 Å². The van der Waals surface area contributed by atoms with Crippen molar-refractivity contribution in [2.75, 3.05) is 53.6 Å². The van der Waals surface area contributed by atoms with Gasteiger partial charge in [-0.25, -0.2) is 0 Å². The molecule has 0 bridgehead atoms. The Balaban J connectivity index is 1.44. The highest BCUT2D eigenvalue weighted by Crippen LogP contribution is 2.37. The Morgan fingerprint density at radius 1 is 0.476 bits per heavy atom. The first-order valence-electron chi connectivity index (χ1n) is 15.5. The van der Waals surface area contributed by atoms with Gasteiger partial charge in [-0.3, -0.25) is 0 Å². The van der Waals surface area contributed by atoms with Crippen LogP contribution in [0.1, 0.15) is 24.0 Å². The summed E-state index contributed by atoms with van der Waals surface area (Å²) in [6.45, 7) is 5.87. The molecule has 0 aromatic heterocycles. The molecule has 5 rings (SSSR count). The molecule has 0 fully saturated rings. The third-order valence-electron chi connectivity index (χ3n) is 8.25. The summed E-state index contributed by atoms with van der Waals surface area (Å²) in [7, 11) is 3.54. The normalized spacial score (nSPS) is 11.5. The average molecular weight is 563 g/mol. The van der Waals surface area contributed by atoms with Crippen molar-refractivity contribution >= 4 is 21.5 Å². The van der Waals surface area contributed by atoms with Gasteiger partial charge >= 0.3 is 0 Å². The van der Waals surface area contributed by atoms with Crippen LogP contribution in [0.25, 0.3) is 43.8 Å². The highest BCUT2D eigenvalue weighted by Gasteiger charge is 2.14. The number of hydrogen-bond acceptors (Lipinski definition) is 2. The second-order valence-electron chi connectivity index (χ2n) is 11.1. The molecule has 0 aliphatic carbocycles. The number of nitrogens with two attached hydrogens (primary N) is 2. The van der Waals surface area contributed by atoms with E-state index in [2.05, 4.69) is 108 Å². The molecule has 0 atom stereocenters. The Bertz CT molecular complexity index is 1440. The Morgan fingerprint density at radius 2 is 0.905 bits per heavy atom. The quantitative estimate of drug-likeness (QED) is 0.154. The zero-order chi connectivity index (χ0) is 29.0. The molecule has 4 N–H and O–H groups in total. The largest absolute Gasteiger partial charge is 0.379 e. The topological polar surface area (TPSA) is 51.7 Å². The molecular weight excluding hydrogens is 516 g/mol. The van der Waals surface area contributed by atoms with E-state index in [9.17, 15) is 0 Å². The molecule has 0 aliphatic rings. The number of hydrogen-bond donors (Lipinski definition) is 2. The first-order chi connectivity index (χ1) is 20.8. The minimum absolute atomic E-state index is 0.804. The number of quaternary nitrogens is 2. The summed E-state index contributed by atoms with van der Waals surface area (Å²) < 4.78 is 10.4. The van der Waals surface area contributed by atoms with Gasteiger partial charge < -0.3 is 20.1 Å². The van der Waals surface area contributed by atoms with Gasteiger partial charge in [-0.05, 0) is 67.8 Å². The Hall–Kier alpha value is -3.54. The van der Waals surface area contributed by atoms with Crippen molar-refractivity contribution in [3.8, 4) is 22.3 Å². The van der Waals surface area contributed by atoms with Crippen molar-refractivity contribution < 1.29 is 20.1 Å². The highest BCUT2D eigenvalue weighted by atomic mass is 16.5. The SMILES string of the molecule is COCC[NH2+]CCCc1ccc2ccccc2c1-c1ccc(-c2c(CCC[NH2+]CCOC)ccc3ccccc23)cc1. The van der Waals surface area contributed by atoms with Crippen LogP contribution < -0.4 is 10.6 Å². The van der Waals surface area contributed by atoms with Gasteiger partial charge in [0, 0.05) is 27.1 Å². The lowest BCUT2D eigenvalue weighted by atomic mass is 9.88. The van der Waals surface area contributed by atoms with Gasteiger partial charge in [0.25, 0.3) is 0 Å². The maximum Gasteiger partial charge on any atom is 0.0993 e. The molecule has 0 heterocycles. The number of ether oxygens (including phenoxy) is 2. The van der Waals surface area contributed by atoms with Gasteiger partial charge in [0.1, 0.15) is 0 Å². The fraction of sp³-hybridized carbons (Fsp3) is 0.316. The fourth-order valence-electron chi connectivity index (χ4n) is 6.10. The van der Waals surface area contributed by atoms with E-state index in [0.717, 1.165) is 65.1 Å². The summed E-state index contributed by atoms with van der Waals surface area (Å²) in [4.78, 5) is 0. The smallest absolute Gasteiger partial charge is 0.0993 e. The Morgan fingerprint density at radius 3 is 1.33 bits per heavy atom. The molecule has 5 aromatic rings. The molecule has 5 aromatic carbocycles. The van der Waals surface area contributed by atoms with Gasteiger partial charge in [-0.1, -0.05) is 97.1 Å². The van der Waals surface area contributed by atoms with Crippen LogP contribution in [0, 0.1) is 0 Å². The minimum atomic E-state index is 0.804. The predicted molar refractivity (Wildman–Crippen MR) is 176 cm³/mol. The van der Waals surface area contributed by atoms with E-state index >= 15 is 0 Å². The standard InChI is InChI=1S/C38H44N2O2/c1-41-27-25-39-23-7-11-31-17-15-29-9-3-5-13-35(29)37(31)33-19-21-34(22-20-33)38-32(12-8-24-40-26-28-42-2)18-16-30-10-4-6-14-36(30)38/h3-6,9-10,13-22,39-40H,7-8,11-12,23-28H2,1-2H3/p+2. The van der Waals surface area contributed by atoms with E-state index in [4.69, 9.17) is 9.47 Å². The first kappa shape index (κ1) is 29.9. The van der Waals surface area contributed by atoms with Crippen LogP contribution in [0.2, 0.25) is 0 Å². The van der Waals surface area contributed by atoms with Crippen molar-refractivity contribution in [1.29, 1.82) is 0 Å². The van der Waals surface area contributed by atoms with Crippen molar-refractivity contribution in [3.05, 3.63) is 108 Å². The first-order valence-corrected chi connectivity index (χ1v) is 15.5. The van der Waals surface area contributed by atoms with E-state index in [0.29, 0.717) is 0 Å². The lowest BCUT2D eigenvalue weighted by Gasteiger charge is -2.16. The van der Waals surface area contributed by atoms with E-state index in [-0.39, 0.29) is 0 Å². The third kappa shape index (κ3) is 7.45. The molecule has 0 amide bonds. The van der Waals surface area contributed by atoms with Gasteiger partial charge in [0.2, 0.25) is 0 Å². The second-order valence-corrected chi connectivity index (χ2v) is 11.1. The van der Waals surface area contributed by atoms with Crippen LogP contribution in [0.3, 0.4) is 0 Å². The lowest BCUT2D eigenvalue weighted by Crippen LogP contribution is -2.85. The van der Waals surface area contributed by atoms with Crippen LogP contribution in [-0.4, -0.2) is 53.6 Å². The summed E-state index contributed by atoms with van der Waals surface area (Å²) in [5.74, 6) is 0. The van der Waals surface area contributed by atoms with E-state index in [1.807, 2.05) is 0 Å². The van der Waals surface area contributed by atoms with E-state index in [1.165, 1.54) is 54.9 Å². The van der Waals surface area contributed by atoms with Crippen molar-refractivity contribution in [1.82, 2.24) is 0 Å². The summed E-state index contributed by atoms with van der Waals surface area (Å²) in [5.41, 5.74) is 8.20. The van der Waals surface area contributed by atoms with Gasteiger partial charge in [0.05, 0.1) is 39.4 Å². The summed E-state index contributed by atoms with van der Waals surface area (Å²) in [6, 6.07) is 36.2. The summed E-state index contributed by atoms with van der Waals surface area (Å²) >= 11 is 0. The third-order valence-corrected chi connectivity index (χ3v) is 8.25. The highest BCUT2D eigenvalue weighted by molar-refractivity contribution is 6.00. The molecule has 4 nitrogen and oxygen atoms in total. The zero-order valence-corrected chi connectivity index (χ0v) is 25.3. The number of benzene rings is 5. The maximum absolute atomic E-state index is 5.20. The molecule has 0 saturated heterocycles. The molecule has 0 aliphatic heterocycles. The van der Waals surface area contributed by atoms with Crippen LogP contribution in [0.15, 0.2) is 97.1 Å². The maximum atomic E-state index is 5.20. The summed E-state index contributed by atoms with van der Waals surface area (Å²) in [5, 5.41) is 9.98. The Kier molecular flexibility index (Phi) is 11.1. The van der Waals surface area contributed by atoms with Crippen LogP contribution in [0.5, 0.6) is 0 Å². The second kappa shape index (κ2) is 15.6. The minimum Gasteiger partial charge on any atom is -0.379 e. The number of fused-ring (bicyclic) bond motifs is 2. The van der Waals surface area contributed by atoms with Crippen molar-refractivity contribution in [2.24, 2.45) is 0 Å². The van der Waals surface area contributed by atoms with Crippen molar-refractivity contribution in [3.63, 3.8) is 0 Å². The monoisotopic (exact) mass is 562 g/mol. The molecule has 0 unspecified atom stereocenters. The molecule has 42 heavy (non-hydrogen) atoms. The van der Waals surface area contributed by atoms with Gasteiger partial charge in [-0.15, -0.1) is 0 Å². The Labute approximate surface area is 251 Å². The molecular formula is C38H46N2O2+2. The van der Waals surface area contributed by atoms with E-state index < -0.39 is 0 Å². The lowest BCUT2D eigenvalue weighted by molar-refractivity contribution is -0.656. The molecule has 4 heteroatoms. The number of rotatable bonds is 16. The predicted octanol–water partition coefficient (Wildman–Crippen LogP) is 5.61. The van der Waals surface area contributed by atoms with Crippen LogP contribution in [0.4, 0.5) is 0 Å². The zero-order valence-electron chi connectivity index (χ0n) is 25.3. The van der Waals surface area contributed by atoms with Crippen LogP contribution in [-0.2, 0) is 22.3 Å². The van der Waals surface area contributed by atoms with Crippen molar-refractivity contribution in [2.45, 2.75) is 25.7 Å². The van der Waals surface area contributed by atoms with Gasteiger partial charge in [0.15, 0.2) is 0 Å². The molecule has 218 valence electrons. The number of aryl methyl sites for hydroxylation is 2. The molecule has 0 radical (unpaired) electrons. The number of methoxy groups -OCH3 is 2. The average Bonchev–Trinajstić information content (AvgIpc) is 3.04.